The maximum atomic E-state index is 13.7. The zero-order valence-corrected chi connectivity index (χ0v) is 11.7. The summed E-state index contributed by atoms with van der Waals surface area (Å²) in [6.07, 6.45) is 1.64. The number of nitriles is 1. The fourth-order valence-electron chi connectivity index (χ4n) is 1.40. The molecule has 0 heterocycles. The van der Waals surface area contributed by atoms with Gasteiger partial charge in [-0.2, -0.15) is 5.26 Å². The van der Waals surface area contributed by atoms with Gasteiger partial charge in [-0.15, -0.1) is 4.99 Å². The highest BCUT2D eigenvalue weighted by Crippen LogP contribution is 2.26. The third-order valence-corrected chi connectivity index (χ3v) is 2.44. The van der Waals surface area contributed by atoms with Crippen LogP contribution in [0.2, 0.25) is 5.02 Å². The van der Waals surface area contributed by atoms with Crippen molar-refractivity contribution in [3.63, 3.8) is 0 Å². The standard InChI is InChI=1S/C13H14ClFN2O2/c1-4-18-12(17-8-16)13(2,3)19-11-6-5-9(14)7-10(11)15/h5-7H,4H2,1-3H3/b17-12-. The van der Waals surface area contributed by atoms with Gasteiger partial charge in [0, 0.05) is 5.02 Å². The molecule has 6 heteroatoms. The maximum absolute atomic E-state index is 13.7. The van der Waals surface area contributed by atoms with E-state index in [4.69, 9.17) is 26.3 Å². The van der Waals surface area contributed by atoms with Crippen LogP contribution in [0.25, 0.3) is 0 Å². The molecule has 0 unspecified atom stereocenters. The van der Waals surface area contributed by atoms with E-state index in [0.29, 0.717) is 6.61 Å². The molecule has 0 radical (unpaired) electrons. The molecule has 0 aliphatic rings. The van der Waals surface area contributed by atoms with Gasteiger partial charge >= 0.3 is 0 Å². The highest BCUT2D eigenvalue weighted by molar-refractivity contribution is 6.30. The molecule has 19 heavy (non-hydrogen) atoms. The summed E-state index contributed by atoms with van der Waals surface area (Å²) in [6, 6.07) is 4.07. The molecule has 1 aromatic carbocycles. The molecule has 1 rings (SSSR count). The highest BCUT2D eigenvalue weighted by atomic mass is 35.5. The Morgan fingerprint density at radius 2 is 2.21 bits per heavy atom. The van der Waals surface area contributed by atoms with Crippen molar-refractivity contribution < 1.29 is 13.9 Å². The van der Waals surface area contributed by atoms with Gasteiger partial charge < -0.3 is 9.47 Å². The Morgan fingerprint density at radius 1 is 1.53 bits per heavy atom. The van der Waals surface area contributed by atoms with Crippen molar-refractivity contribution in [2.24, 2.45) is 4.99 Å². The summed E-state index contributed by atoms with van der Waals surface area (Å²) in [5.74, 6) is -0.486. The van der Waals surface area contributed by atoms with Crippen molar-refractivity contribution in [2.45, 2.75) is 26.4 Å². The fraction of sp³-hybridized carbons (Fsp3) is 0.385. The summed E-state index contributed by atoms with van der Waals surface area (Å²) in [5.41, 5.74) is -1.07. The van der Waals surface area contributed by atoms with Crippen molar-refractivity contribution in [3.05, 3.63) is 29.0 Å². The Kier molecular flexibility index (Phi) is 5.13. The van der Waals surface area contributed by atoms with Crippen LogP contribution in [0.15, 0.2) is 23.2 Å². The van der Waals surface area contributed by atoms with E-state index < -0.39 is 11.4 Å². The number of halogens is 2. The van der Waals surface area contributed by atoms with E-state index in [1.54, 1.807) is 27.0 Å². The normalized spacial score (nSPS) is 11.9. The first-order valence-corrected chi connectivity index (χ1v) is 6.02. The molecule has 0 aliphatic heterocycles. The van der Waals surface area contributed by atoms with Crippen molar-refractivity contribution in [2.75, 3.05) is 6.61 Å². The van der Waals surface area contributed by atoms with Crippen LogP contribution >= 0.6 is 11.6 Å². The van der Waals surface area contributed by atoms with Crippen molar-refractivity contribution in [1.29, 1.82) is 5.26 Å². The zero-order chi connectivity index (χ0) is 14.5. The van der Waals surface area contributed by atoms with Crippen molar-refractivity contribution >= 4 is 17.5 Å². The molecule has 0 N–H and O–H groups in total. The Morgan fingerprint density at radius 3 is 2.74 bits per heavy atom. The summed E-state index contributed by atoms with van der Waals surface area (Å²) in [4.78, 5) is 3.56. The number of hydrogen-bond donors (Lipinski definition) is 0. The molecule has 4 nitrogen and oxygen atoms in total. The predicted molar refractivity (Wildman–Crippen MR) is 70.8 cm³/mol. The summed E-state index contributed by atoms with van der Waals surface area (Å²) >= 11 is 5.66. The van der Waals surface area contributed by atoms with Gasteiger partial charge in [-0.05, 0) is 39.0 Å². The first kappa shape index (κ1) is 15.3. The number of aliphatic imine (C=N–C) groups is 1. The predicted octanol–water partition coefficient (Wildman–Crippen LogP) is 3.55. The van der Waals surface area contributed by atoms with Crippen molar-refractivity contribution in [3.8, 4) is 11.9 Å². The summed E-state index contributed by atoms with van der Waals surface area (Å²) < 4.78 is 24.4. The van der Waals surface area contributed by atoms with Gasteiger partial charge in [0.2, 0.25) is 12.1 Å². The zero-order valence-electron chi connectivity index (χ0n) is 10.9. The first-order chi connectivity index (χ1) is 8.90. The van der Waals surface area contributed by atoms with Crippen molar-refractivity contribution in [1.82, 2.24) is 0 Å². The lowest BCUT2D eigenvalue weighted by Crippen LogP contribution is -2.40. The van der Waals surface area contributed by atoms with Crippen LogP contribution in [-0.4, -0.2) is 18.1 Å². The van der Waals surface area contributed by atoms with Gasteiger partial charge in [-0.3, -0.25) is 0 Å². The lowest BCUT2D eigenvalue weighted by molar-refractivity contribution is 0.134. The third kappa shape index (κ3) is 4.11. The number of ether oxygens (including phenoxy) is 2. The van der Waals surface area contributed by atoms with Crippen LogP contribution in [0.3, 0.4) is 0 Å². The Labute approximate surface area is 116 Å². The topological polar surface area (TPSA) is 54.6 Å². The number of hydrogen-bond acceptors (Lipinski definition) is 4. The number of rotatable bonds is 4. The van der Waals surface area contributed by atoms with E-state index >= 15 is 0 Å². The highest BCUT2D eigenvalue weighted by Gasteiger charge is 2.30. The van der Waals surface area contributed by atoms with Crippen LogP contribution in [0.1, 0.15) is 20.8 Å². The van der Waals surface area contributed by atoms with Crippen LogP contribution in [0.4, 0.5) is 4.39 Å². The van der Waals surface area contributed by atoms with E-state index in [2.05, 4.69) is 4.99 Å². The molecule has 102 valence electrons. The second kappa shape index (κ2) is 6.39. The number of nitrogens with zero attached hydrogens (tertiary/aromatic N) is 2. The summed E-state index contributed by atoms with van der Waals surface area (Å²) in [6.45, 7) is 5.35. The van der Waals surface area contributed by atoms with Crippen LogP contribution in [0.5, 0.6) is 5.75 Å². The Hall–Kier alpha value is -1.80. The molecular formula is C13H14ClFN2O2. The first-order valence-electron chi connectivity index (χ1n) is 5.64. The van der Waals surface area contributed by atoms with E-state index in [1.807, 2.05) is 0 Å². The molecule has 0 atom stereocenters. The lowest BCUT2D eigenvalue weighted by atomic mass is 10.1. The van der Waals surface area contributed by atoms with Gasteiger partial charge in [0.25, 0.3) is 0 Å². The van der Waals surface area contributed by atoms with Gasteiger partial charge in [-0.25, -0.2) is 4.39 Å². The lowest BCUT2D eigenvalue weighted by Gasteiger charge is -2.26. The third-order valence-electron chi connectivity index (χ3n) is 2.21. The second-order valence-corrected chi connectivity index (χ2v) is 4.57. The molecule has 0 amide bonds. The van der Waals surface area contributed by atoms with Gasteiger partial charge in [-0.1, -0.05) is 11.6 Å². The monoisotopic (exact) mass is 284 g/mol. The SMILES string of the molecule is CCO/C(=N\C#N)C(C)(C)Oc1ccc(Cl)cc1F. The van der Waals surface area contributed by atoms with Crippen LogP contribution in [0, 0.1) is 17.3 Å². The molecular weight excluding hydrogens is 271 g/mol. The largest absolute Gasteiger partial charge is 0.478 e. The molecule has 0 fully saturated rings. The number of benzene rings is 1. The molecule has 0 saturated carbocycles. The minimum Gasteiger partial charge on any atom is -0.478 e. The Bertz CT molecular complexity index is 524. The van der Waals surface area contributed by atoms with Gasteiger partial charge in [0.05, 0.1) is 6.61 Å². The molecule has 0 aromatic heterocycles. The summed E-state index contributed by atoms with van der Waals surface area (Å²) in [5, 5.41) is 8.90. The van der Waals surface area contributed by atoms with Crippen LogP contribution < -0.4 is 4.74 Å². The molecule has 0 spiro atoms. The molecule has 1 aromatic rings. The molecule has 0 aliphatic carbocycles. The molecule has 0 saturated heterocycles. The van der Waals surface area contributed by atoms with E-state index in [9.17, 15) is 4.39 Å². The smallest absolute Gasteiger partial charge is 0.243 e. The quantitative estimate of drug-likeness (QED) is 0.483. The minimum absolute atomic E-state index is 0.0137. The van der Waals surface area contributed by atoms with Gasteiger partial charge in [0.15, 0.2) is 17.2 Å². The molecule has 0 bridgehead atoms. The van der Waals surface area contributed by atoms with Crippen LogP contribution in [-0.2, 0) is 4.74 Å². The average Bonchev–Trinajstić information content (AvgIpc) is 2.32. The van der Waals surface area contributed by atoms with E-state index in [-0.39, 0.29) is 16.7 Å². The minimum atomic E-state index is -1.07. The average molecular weight is 285 g/mol. The fourth-order valence-corrected chi connectivity index (χ4v) is 1.56. The Balaban J connectivity index is 3.01. The van der Waals surface area contributed by atoms with E-state index in [0.717, 1.165) is 6.07 Å². The van der Waals surface area contributed by atoms with E-state index in [1.165, 1.54) is 12.1 Å². The second-order valence-electron chi connectivity index (χ2n) is 4.14. The maximum Gasteiger partial charge on any atom is 0.243 e. The summed E-state index contributed by atoms with van der Waals surface area (Å²) in [7, 11) is 0. The van der Waals surface area contributed by atoms with Gasteiger partial charge in [0.1, 0.15) is 0 Å².